The molecule has 4 rings (SSSR count). The SMILES string of the molecule is C[N+](C)(C)Cc1ccc(/C=C/c2cc(/C=C/c3ccc(C[N+](C)(C)C)cc3)cc(/C=C/c3ccc(C[N+](C)(C)C)cc3)c2)cc1. The van der Waals surface area contributed by atoms with Gasteiger partial charge in [0.15, 0.2) is 0 Å². The van der Waals surface area contributed by atoms with Gasteiger partial charge in [-0.1, -0.05) is 109 Å². The van der Waals surface area contributed by atoms with Crippen LogP contribution in [0.25, 0.3) is 36.5 Å². The minimum Gasteiger partial charge on any atom is -0.327 e. The second kappa shape index (κ2) is 14.4. The highest BCUT2D eigenvalue weighted by atomic mass is 15.3. The molecule has 4 aromatic rings. The summed E-state index contributed by atoms with van der Waals surface area (Å²) < 4.78 is 2.77. The van der Waals surface area contributed by atoms with Gasteiger partial charge < -0.3 is 13.4 Å². The Morgan fingerprint density at radius 2 is 0.511 bits per heavy atom. The van der Waals surface area contributed by atoms with Gasteiger partial charge in [0.1, 0.15) is 19.6 Å². The highest BCUT2D eigenvalue weighted by molar-refractivity contribution is 5.78. The fraction of sp³-hybridized carbons (Fsp3) is 0.286. The van der Waals surface area contributed by atoms with Crippen molar-refractivity contribution >= 4 is 36.5 Å². The summed E-state index contributed by atoms with van der Waals surface area (Å²) in [6, 6.07) is 33.6. The molecule has 0 aliphatic rings. The Balaban J connectivity index is 1.58. The van der Waals surface area contributed by atoms with Crippen LogP contribution in [0.3, 0.4) is 0 Å². The van der Waals surface area contributed by atoms with E-state index in [0.717, 1.165) is 33.1 Å². The first kappa shape index (κ1) is 33.9. The average Bonchev–Trinajstić information content (AvgIpc) is 2.94. The van der Waals surface area contributed by atoms with E-state index in [1.807, 2.05) is 0 Å². The third kappa shape index (κ3) is 12.5. The Labute approximate surface area is 273 Å². The summed E-state index contributed by atoms with van der Waals surface area (Å²) in [5.41, 5.74) is 11.3. The van der Waals surface area contributed by atoms with Crippen LogP contribution in [0.15, 0.2) is 91.0 Å². The molecule has 0 atom stereocenters. The number of hydrogen-bond acceptors (Lipinski definition) is 0. The normalized spacial score (nSPS) is 13.0. The molecule has 0 aromatic heterocycles. The monoisotopic (exact) mass is 600 g/mol. The second-order valence-electron chi connectivity index (χ2n) is 15.5. The first-order valence-corrected chi connectivity index (χ1v) is 16.0. The predicted molar refractivity (Wildman–Crippen MR) is 198 cm³/mol. The van der Waals surface area contributed by atoms with Gasteiger partial charge in [0.2, 0.25) is 0 Å². The average molecular weight is 601 g/mol. The standard InChI is InChI=1S/C42H54N3/c1-43(2,3)31-37-19-10-34(11-20-37)16-25-40-28-41(26-17-35-12-21-38(22-13-35)32-44(4,5)6)30-42(29-40)27-18-36-14-23-39(24-15-36)33-45(7,8)9/h10-30H,31-33H2,1-9H3/q+3/b25-16+,26-17+,27-18+. The maximum absolute atomic E-state index is 2.26. The Morgan fingerprint density at radius 3 is 0.711 bits per heavy atom. The van der Waals surface area contributed by atoms with Gasteiger partial charge in [-0.25, -0.2) is 0 Å². The van der Waals surface area contributed by atoms with Crippen LogP contribution in [0.1, 0.15) is 50.1 Å². The molecule has 0 saturated heterocycles. The molecule has 234 valence electrons. The van der Waals surface area contributed by atoms with Crippen LogP contribution in [0, 0.1) is 0 Å². The third-order valence-electron chi connectivity index (χ3n) is 7.31. The Bertz CT molecular complexity index is 1400. The zero-order valence-electron chi connectivity index (χ0n) is 29.1. The summed E-state index contributed by atoms with van der Waals surface area (Å²) in [6.45, 7) is 3.06. The lowest BCUT2D eigenvalue weighted by Gasteiger charge is -2.23. The molecule has 0 unspecified atom stereocenters. The summed E-state index contributed by atoms with van der Waals surface area (Å²) in [4.78, 5) is 0. The van der Waals surface area contributed by atoms with Gasteiger partial charge in [-0.3, -0.25) is 0 Å². The zero-order chi connectivity index (χ0) is 32.7. The van der Waals surface area contributed by atoms with Crippen molar-refractivity contribution < 1.29 is 13.4 Å². The Morgan fingerprint density at radius 1 is 0.311 bits per heavy atom. The Kier molecular flexibility index (Phi) is 10.8. The van der Waals surface area contributed by atoms with Gasteiger partial charge in [-0.2, -0.15) is 0 Å². The van der Waals surface area contributed by atoms with E-state index in [4.69, 9.17) is 0 Å². The molecule has 0 aliphatic carbocycles. The zero-order valence-corrected chi connectivity index (χ0v) is 29.1. The minimum absolute atomic E-state index is 0.923. The molecule has 45 heavy (non-hydrogen) atoms. The van der Waals surface area contributed by atoms with Crippen LogP contribution in [0.4, 0.5) is 0 Å². The summed E-state index contributed by atoms with van der Waals surface area (Å²) in [5.74, 6) is 0. The quantitative estimate of drug-likeness (QED) is 0.113. The van der Waals surface area contributed by atoms with Crippen molar-refractivity contribution in [2.24, 2.45) is 0 Å². The summed E-state index contributed by atoms with van der Waals surface area (Å²) >= 11 is 0. The predicted octanol–water partition coefficient (Wildman–Crippen LogP) is 8.82. The number of quaternary nitrogens is 3. The fourth-order valence-electron chi connectivity index (χ4n) is 5.41. The maximum atomic E-state index is 2.26. The lowest BCUT2D eigenvalue weighted by atomic mass is 10.0. The van der Waals surface area contributed by atoms with Crippen LogP contribution in [0.2, 0.25) is 0 Å². The second-order valence-corrected chi connectivity index (χ2v) is 15.5. The van der Waals surface area contributed by atoms with Crippen LogP contribution < -0.4 is 0 Å². The van der Waals surface area contributed by atoms with Crippen molar-refractivity contribution in [3.05, 3.63) is 141 Å². The minimum atomic E-state index is 0.923. The largest absolute Gasteiger partial charge is 0.327 e. The van der Waals surface area contributed by atoms with E-state index in [1.165, 1.54) is 50.1 Å². The lowest BCUT2D eigenvalue weighted by molar-refractivity contribution is -0.884. The van der Waals surface area contributed by atoms with Crippen LogP contribution in [0.5, 0.6) is 0 Å². The van der Waals surface area contributed by atoms with Gasteiger partial charge >= 0.3 is 0 Å². The first-order valence-electron chi connectivity index (χ1n) is 16.0. The highest BCUT2D eigenvalue weighted by Crippen LogP contribution is 2.20. The molecule has 0 N–H and O–H groups in total. The van der Waals surface area contributed by atoms with E-state index < -0.39 is 0 Å². The van der Waals surface area contributed by atoms with Gasteiger partial charge in [-0.05, 0) is 51.6 Å². The number of rotatable bonds is 12. The molecule has 4 aromatic carbocycles. The topological polar surface area (TPSA) is 0 Å². The smallest absolute Gasteiger partial charge is 0.104 e. The number of hydrogen-bond donors (Lipinski definition) is 0. The van der Waals surface area contributed by atoms with Gasteiger partial charge in [-0.15, -0.1) is 0 Å². The van der Waals surface area contributed by atoms with E-state index in [1.54, 1.807) is 0 Å². The van der Waals surface area contributed by atoms with Crippen molar-refractivity contribution in [3.8, 4) is 0 Å². The van der Waals surface area contributed by atoms with Crippen LogP contribution >= 0.6 is 0 Å². The van der Waals surface area contributed by atoms with E-state index in [0.29, 0.717) is 0 Å². The number of benzene rings is 4. The van der Waals surface area contributed by atoms with Gasteiger partial charge in [0.25, 0.3) is 0 Å². The molecule has 0 saturated carbocycles. The van der Waals surface area contributed by atoms with Crippen LogP contribution in [-0.4, -0.2) is 76.9 Å². The van der Waals surface area contributed by atoms with Crippen molar-refractivity contribution in [1.29, 1.82) is 0 Å². The molecule has 0 bridgehead atoms. The van der Waals surface area contributed by atoms with E-state index in [9.17, 15) is 0 Å². The third-order valence-corrected chi connectivity index (χ3v) is 7.31. The molecule has 0 spiro atoms. The first-order chi connectivity index (χ1) is 21.1. The maximum Gasteiger partial charge on any atom is 0.104 e. The van der Waals surface area contributed by atoms with E-state index in [2.05, 4.69) is 191 Å². The lowest BCUT2D eigenvalue weighted by Crippen LogP contribution is -2.33. The van der Waals surface area contributed by atoms with E-state index in [-0.39, 0.29) is 0 Å². The molecule has 3 heteroatoms. The molecular formula is C42H54N3+3. The number of nitrogens with zero attached hydrogens (tertiary/aromatic N) is 3. The summed E-state index contributed by atoms with van der Waals surface area (Å²) in [6.07, 6.45) is 13.3. The Hall–Kier alpha value is -4.02. The molecule has 0 heterocycles. The molecule has 0 fully saturated rings. The highest BCUT2D eigenvalue weighted by Gasteiger charge is 2.09. The van der Waals surface area contributed by atoms with Crippen LogP contribution in [-0.2, 0) is 19.6 Å². The van der Waals surface area contributed by atoms with E-state index >= 15 is 0 Å². The molecule has 0 aliphatic heterocycles. The van der Waals surface area contributed by atoms with Crippen molar-refractivity contribution in [3.63, 3.8) is 0 Å². The molecule has 3 nitrogen and oxygen atoms in total. The summed E-state index contributed by atoms with van der Waals surface area (Å²) in [5, 5.41) is 0. The summed E-state index contributed by atoms with van der Waals surface area (Å²) in [7, 11) is 20.0. The van der Waals surface area contributed by atoms with Crippen molar-refractivity contribution in [2.75, 3.05) is 63.4 Å². The molecular weight excluding hydrogens is 546 g/mol. The van der Waals surface area contributed by atoms with Gasteiger partial charge in [0.05, 0.1) is 63.4 Å². The molecule has 0 radical (unpaired) electrons. The fourth-order valence-corrected chi connectivity index (χ4v) is 5.41. The molecule has 0 amide bonds. The van der Waals surface area contributed by atoms with Gasteiger partial charge in [0, 0.05) is 16.7 Å². The van der Waals surface area contributed by atoms with Crippen molar-refractivity contribution in [1.82, 2.24) is 0 Å². The van der Waals surface area contributed by atoms with Crippen molar-refractivity contribution in [2.45, 2.75) is 19.6 Å².